The van der Waals surface area contributed by atoms with Crippen molar-refractivity contribution in [3.63, 3.8) is 0 Å². The SMILES string of the molecule is CCCCCCCC(O)c1cccc(OC)n1. The van der Waals surface area contributed by atoms with Crippen LogP contribution in [-0.4, -0.2) is 17.2 Å². The van der Waals surface area contributed by atoms with Crippen molar-refractivity contribution in [1.29, 1.82) is 0 Å². The summed E-state index contributed by atoms with van der Waals surface area (Å²) in [5.74, 6) is 0.563. The number of aromatic nitrogens is 1. The van der Waals surface area contributed by atoms with Crippen molar-refractivity contribution < 1.29 is 9.84 Å². The first kappa shape index (κ1) is 14.0. The number of hydrogen-bond donors (Lipinski definition) is 1. The Bertz CT molecular complexity index is 315. The van der Waals surface area contributed by atoms with E-state index in [2.05, 4.69) is 11.9 Å². The smallest absolute Gasteiger partial charge is 0.213 e. The van der Waals surface area contributed by atoms with Gasteiger partial charge in [-0.1, -0.05) is 45.1 Å². The average Bonchev–Trinajstić information content (AvgIpc) is 2.38. The molecule has 96 valence electrons. The highest BCUT2D eigenvalue weighted by molar-refractivity contribution is 5.17. The van der Waals surface area contributed by atoms with Crippen molar-refractivity contribution in [2.75, 3.05) is 7.11 Å². The van der Waals surface area contributed by atoms with E-state index < -0.39 is 6.10 Å². The zero-order chi connectivity index (χ0) is 12.5. The summed E-state index contributed by atoms with van der Waals surface area (Å²) >= 11 is 0. The average molecular weight is 237 g/mol. The second kappa shape index (κ2) is 8.07. The third kappa shape index (κ3) is 5.18. The van der Waals surface area contributed by atoms with Crippen LogP contribution in [0.2, 0.25) is 0 Å². The molecule has 0 aromatic carbocycles. The van der Waals surface area contributed by atoms with Crippen molar-refractivity contribution >= 4 is 0 Å². The standard InChI is InChI=1S/C14H23NO2/c1-3-4-5-6-7-10-13(16)12-9-8-11-14(15-12)17-2/h8-9,11,13,16H,3-7,10H2,1-2H3. The lowest BCUT2D eigenvalue weighted by atomic mass is 10.1. The van der Waals surface area contributed by atoms with Crippen molar-refractivity contribution in [3.05, 3.63) is 23.9 Å². The lowest BCUT2D eigenvalue weighted by molar-refractivity contribution is 0.157. The van der Waals surface area contributed by atoms with E-state index in [0.717, 1.165) is 12.8 Å². The van der Waals surface area contributed by atoms with Crippen molar-refractivity contribution in [1.82, 2.24) is 4.98 Å². The summed E-state index contributed by atoms with van der Waals surface area (Å²) in [6, 6.07) is 5.50. The number of unbranched alkanes of at least 4 members (excludes halogenated alkanes) is 4. The Morgan fingerprint density at radius 3 is 2.71 bits per heavy atom. The molecule has 1 rings (SSSR count). The fourth-order valence-corrected chi connectivity index (χ4v) is 1.82. The van der Waals surface area contributed by atoms with Crippen LogP contribution < -0.4 is 4.74 Å². The van der Waals surface area contributed by atoms with Gasteiger partial charge in [0.1, 0.15) is 0 Å². The van der Waals surface area contributed by atoms with Crippen LogP contribution in [0.5, 0.6) is 5.88 Å². The minimum atomic E-state index is -0.466. The van der Waals surface area contributed by atoms with Crippen LogP contribution in [0.15, 0.2) is 18.2 Å². The summed E-state index contributed by atoms with van der Waals surface area (Å²) in [5, 5.41) is 9.98. The summed E-state index contributed by atoms with van der Waals surface area (Å²) in [6.07, 6.45) is 6.35. The number of nitrogens with zero attached hydrogens (tertiary/aromatic N) is 1. The van der Waals surface area contributed by atoms with Gasteiger partial charge < -0.3 is 9.84 Å². The molecule has 0 aliphatic carbocycles. The molecular weight excluding hydrogens is 214 g/mol. The fraction of sp³-hybridized carbons (Fsp3) is 0.643. The summed E-state index contributed by atoms with van der Waals surface area (Å²) in [4.78, 5) is 4.23. The number of aliphatic hydroxyl groups is 1. The molecule has 0 bridgehead atoms. The Labute approximate surface area is 104 Å². The summed E-state index contributed by atoms with van der Waals surface area (Å²) in [6.45, 7) is 2.20. The molecule has 0 saturated carbocycles. The van der Waals surface area contributed by atoms with E-state index in [1.54, 1.807) is 13.2 Å². The number of pyridine rings is 1. The largest absolute Gasteiger partial charge is 0.481 e. The molecule has 1 unspecified atom stereocenters. The number of hydrogen-bond acceptors (Lipinski definition) is 3. The van der Waals surface area contributed by atoms with Gasteiger partial charge in [-0.15, -0.1) is 0 Å². The van der Waals surface area contributed by atoms with E-state index in [9.17, 15) is 5.11 Å². The van der Waals surface area contributed by atoms with Crippen molar-refractivity contribution in [2.24, 2.45) is 0 Å². The topological polar surface area (TPSA) is 42.4 Å². The van der Waals surface area contributed by atoms with Crippen LogP contribution in [-0.2, 0) is 0 Å². The van der Waals surface area contributed by atoms with Gasteiger partial charge in [-0.3, -0.25) is 0 Å². The maximum absolute atomic E-state index is 9.98. The van der Waals surface area contributed by atoms with Gasteiger partial charge >= 0.3 is 0 Å². The molecule has 0 saturated heterocycles. The molecule has 0 aliphatic heterocycles. The van der Waals surface area contributed by atoms with E-state index in [0.29, 0.717) is 11.6 Å². The van der Waals surface area contributed by atoms with E-state index in [1.165, 1.54) is 25.7 Å². The maximum atomic E-state index is 9.98. The molecule has 1 aromatic heterocycles. The van der Waals surface area contributed by atoms with Gasteiger partial charge in [0, 0.05) is 6.07 Å². The highest BCUT2D eigenvalue weighted by Gasteiger charge is 2.09. The minimum Gasteiger partial charge on any atom is -0.481 e. The molecule has 1 atom stereocenters. The first-order chi connectivity index (χ1) is 8.27. The molecule has 1 aromatic rings. The van der Waals surface area contributed by atoms with E-state index >= 15 is 0 Å². The van der Waals surface area contributed by atoms with Gasteiger partial charge in [-0.2, -0.15) is 0 Å². The van der Waals surface area contributed by atoms with Gasteiger partial charge in [0.15, 0.2) is 0 Å². The molecule has 0 radical (unpaired) electrons. The first-order valence-corrected chi connectivity index (χ1v) is 6.47. The quantitative estimate of drug-likeness (QED) is 0.704. The Balaban J connectivity index is 2.33. The molecule has 0 spiro atoms. The maximum Gasteiger partial charge on any atom is 0.213 e. The van der Waals surface area contributed by atoms with E-state index in [1.807, 2.05) is 12.1 Å². The summed E-state index contributed by atoms with van der Waals surface area (Å²) < 4.78 is 5.04. The van der Waals surface area contributed by atoms with Gasteiger partial charge in [-0.25, -0.2) is 4.98 Å². The number of methoxy groups -OCH3 is 1. The Morgan fingerprint density at radius 2 is 2.00 bits per heavy atom. The second-order valence-electron chi connectivity index (χ2n) is 4.32. The van der Waals surface area contributed by atoms with Crippen molar-refractivity contribution in [2.45, 2.75) is 51.6 Å². The Kier molecular flexibility index (Phi) is 6.63. The van der Waals surface area contributed by atoms with E-state index in [-0.39, 0.29) is 0 Å². The Hall–Kier alpha value is -1.09. The molecule has 0 fully saturated rings. The summed E-state index contributed by atoms with van der Waals surface area (Å²) in [5.41, 5.74) is 0.708. The van der Waals surface area contributed by atoms with Crippen LogP contribution in [0.3, 0.4) is 0 Å². The fourth-order valence-electron chi connectivity index (χ4n) is 1.82. The highest BCUT2D eigenvalue weighted by atomic mass is 16.5. The lowest BCUT2D eigenvalue weighted by Gasteiger charge is -2.10. The third-order valence-corrected chi connectivity index (χ3v) is 2.88. The zero-order valence-corrected chi connectivity index (χ0v) is 10.9. The minimum absolute atomic E-state index is 0.466. The molecule has 0 amide bonds. The molecular formula is C14H23NO2. The van der Waals surface area contributed by atoms with Crippen LogP contribution in [0.4, 0.5) is 0 Å². The predicted molar refractivity (Wildman–Crippen MR) is 69.1 cm³/mol. The van der Waals surface area contributed by atoms with Gasteiger partial charge in [-0.05, 0) is 12.5 Å². The zero-order valence-electron chi connectivity index (χ0n) is 10.9. The van der Waals surface area contributed by atoms with Crippen LogP contribution >= 0.6 is 0 Å². The number of aliphatic hydroxyl groups excluding tert-OH is 1. The molecule has 1 N–H and O–H groups in total. The van der Waals surface area contributed by atoms with Gasteiger partial charge in [0.2, 0.25) is 5.88 Å². The predicted octanol–water partition coefficient (Wildman–Crippen LogP) is 3.48. The summed E-state index contributed by atoms with van der Waals surface area (Å²) in [7, 11) is 1.59. The van der Waals surface area contributed by atoms with Crippen LogP contribution in [0.1, 0.15) is 57.2 Å². The molecule has 3 heteroatoms. The highest BCUT2D eigenvalue weighted by Crippen LogP contribution is 2.20. The molecule has 3 nitrogen and oxygen atoms in total. The Morgan fingerprint density at radius 1 is 1.24 bits per heavy atom. The first-order valence-electron chi connectivity index (χ1n) is 6.47. The number of ether oxygens (including phenoxy) is 1. The van der Waals surface area contributed by atoms with Crippen LogP contribution in [0, 0.1) is 0 Å². The third-order valence-electron chi connectivity index (χ3n) is 2.88. The monoisotopic (exact) mass is 237 g/mol. The van der Waals surface area contributed by atoms with Crippen LogP contribution in [0.25, 0.3) is 0 Å². The number of rotatable bonds is 8. The van der Waals surface area contributed by atoms with Gasteiger partial charge in [0.25, 0.3) is 0 Å². The van der Waals surface area contributed by atoms with Gasteiger partial charge in [0.05, 0.1) is 18.9 Å². The molecule has 1 heterocycles. The molecule has 0 aliphatic rings. The second-order valence-corrected chi connectivity index (χ2v) is 4.32. The van der Waals surface area contributed by atoms with Crippen molar-refractivity contribution in [3.8, 4) is 5.88 Å². The normalized spacial score (nSPS) is 12.4. The van der Waals surface area contributed by atoms with E-state index in [4.69, 9.17) is 4.74 Å². The molecule has 17 heavy (non-hydrogen) atoms. The lowest BCUT2D eigenvalue weighted by Crippen LogP contribution is -2.01.